The second kappa shape index (κ2) is 5.27. The van der Waals surface area contributed by atoms with E-state index in [1.807, 2.05) is 6.20 Å². The number of hydrogen-bond acceptors (Lipinski definition) is 4. The van der Waals surface area contributed by atoms with Crippen molar-refractivity contribution in [3.05, 3.63) is 23.7 Å². The second-order valence-corrected chi connectivity index (χ2v) is 5.00. The van der Waals surface area contributed by atoms with Gasteiger partial charge in [0.1, 0.15) is 5.82 Å². The van der Waals surface area contributed by atoms with Crippen LogP contribution in [0, 0.1) is 5.92 Å². The first-order chi connectivity index (χ1) is 7.81. The lowest BCUT2D eigenvalue weighted by Gasteiger charge is -2.12. The molecular weight excluding hydrogens is 218 g/mol. The topological polar surface area (TPSA) is 50.9 Å². The fourth-order valence-electron chi connectivity index (χ4n) is 1.69. The van der Waals surface area contributed by atoms with Crippen molar-refractivity contribution in [3.63, 3.8) is 0 Å². The lowest BCUT2D eigenvalue weighted by atomic mass is 10.1. The highest BCUT2D eigenvalue weighted by atomic mass is 32.1. The molecule has 0 aliphatic carbocycles. The Morgan fingerprint density at radius 1 is 1.50 bits per heavy atom. The third kappa shape index (κ3) is 2.51. The van der Waals surface area contributed by atoms with E-state index in [-0.39, 0.29) is 0 Å². The Kier molecular flexibility index (Phi) is 3.74. The SMILES string of the molecule is CC(CCN)CNc1nccc2sccc12. The molecule has 2 aromatic rings. The van der Waals surface area contributed by atoms with Gasteiger partial charge in [-0.25, -0.2) is 4.98 Å². The quantitative estimate of drug-likeness (QED) is 0.837. The van der Waals surface area contributed by atoms with Gasteiger partial charge in [0.25, 0.3) is 0 Å². The molecule has 0 spiro atoms. The third-order valence-corrected chi connectivity index (χ3v) is 3.54. The first-order valence-electron chi connectivity index (χ1n) is 5.57. The van der Waals surface area contributed by atoms with E-state index in [4.69, 9.17) is 5.73 Å². The molecule has 16 heavy (non-hydrogen) atoms. The minimum absolute atomic E-state index is 0.584. The van der Waals surface area contributed by atoms with Crippen molar-refractivity contribution >= 4 is 27.2 Å². The first-order valence-corrected chi connectivity index (χ1v) is 6.45. The number of aromatic nitrogens is 1. The average Bonchev–Trinajstić information content (AvgIpc) is 2.75. The number of fused-ring (bicyclic) bond motifs is 1. The van der Waals surface area contributed by atoms with Gasteiger partial charge in [0, 0.05) is 22.8 Å². The summed E-state index contributed by atoms with van der Waals surface area (Å²) >= 11 is 1.75. The summed E-state index contributed by atoms with van der Waals surface area (Å²) in [6.07, 6.45) is 2.90. The molecule has 0 radical (unpaired) electrons. The van der Waals surface area contributed by atoms with Crippen LogP contribution in [0.1, 0.15) is 13.3 Å². The molecule has 0 aliphatic rings. The summed E-state index contributed by atoms with van der Waals surface area (Å²) in [5.41, 5.74) is 5.53. The molecule has 4 heteroatoms. The minimum Gasteiger partial charge on any atom is -0.369 e. The largest absolute Gasteiger partial charge is 0.369 e. The van der Waals surface area contributed by atoms with Crippen molar-refractivity contribution in [3.8, 4) is 0 Å². The van der Waals surface area contributed by atoms with Crippen molar-refractivity contribution in [2.24, 2.45) is 11.7 Å². The van der Waals surface area contributed by atoms with Gasteiger partial charge in [-0.2, -0.15) is 0 Å². The Morgan fingerprint density at radius 2 is 2.38 bits per heavy atom. The highest BCUT2D eigenvalue weighted by Gasteiger charge is 2.05. The predicted octanol–water partition coefficient (Wildman–Crippen LogP) is 2.69. The van der Waals surface area contributed by atoms with E-state index in [1.165, 1.54) is 10.1 Å². The summed E-state index contributed by atoms with van der Waals surface area (Å²) < 4.78 is 1.28. The summed E-state index contributed by atoms with van der Waals surface area (Å²) in [6.45, 7) is 3.88. The van der Waals surface area contributed by atoms with Crippen LogP contribution in [0.25, 0.3) is 10.1 Å². The van der Waals surface area contributed by atoms with E-state index in [9.17, 15) is 0 Å². The average molecular weight is 235 g/mol. The molecular formula is C12H17N3S. The Bertz CT molecular complexity index is 452. The van der Waals surface area contributed by atoms with E-state index in [1.54, 1.807) is 11.3 Å². The van der Waals surface area contributed by atoms with Gasteiger partial charge in [-0.05, 0) is 36.4 Å². The molecule has 0 aromatic carbocycles. The zero-order valence-electron chi connectivity index (χ0n) is 9.44. The van der Waals surface area contributed by atoms with Crippen LogP contribution in [-0.4, -0.2) is 18.1 Å². The maximum Gasteiger partial charge on any atom is 0.134 e. The molecule has 0 bridgehead atoms. The lowest BCUT2D eigenvalue weighted by molar-refractivity contribution is 0.568. The van der Waals surface area contributed by atoms with Gasteiger partial charge in [0.15, 0.2) is 0 Å². The Hall–Kier alpha value is -1.13. The molecule has 2 heterocycles. The fourth-order valence-corrected chi connectivity index (χ4v) is 2.47. The van der Waals surface area contributed by atoms with Crippen LogP contribution in [0.3, 0.4) is 0 Å². The van der Waals surface area contributed by atoms with Crippen LogP contribution >= 0.6 is 11.3 Å². The van der Waals surface area contributed by atoms with Gasteiger partial charge in [-0.1, -0.05) is 6.92 Å². The summed E-state index contributed by atoms with van der Waals surface area (Å²) in [5, 5.41) is 6.71. The number of pyridine rings is 1. The summed E-state index contributed by atoms with van der Waals surface area (Å²) in [4.78, 5) is 4.38. The first kappa shape index (κ1) is 11.4. The van der Waals surface area contributed by atoms with E-state index in [0.717, 1.165) is 25.3 Å². The van der Waals surface area contributed by atoms with E-state index < -0.39 is 0 Å². The number of thiophene rings is 1. The predicted molar refractivity (Wildman–Crippen MR) is 70.9 cm³/mol. The molecule has 0 amide bonds. The summed E-state index contributed by atoms with van der Waals surface area (Å²) in [7, 11) is 0. The molecule has 1 atom stereocenters. The maximum absolute atomic E-state index is 5.53. The number of hydrogen-bond donors (Lipinski definition) is 2. The van der Waals surface area contributed by atoms with Crippen molar-refractivity contribution in [2.45, 2.75) is 13.3 Å². The normalized spacial score (nSPS) is 12.9. The van der Waals surface area contributed by atoms with Crippen LogP contribution < -0.4 is 11.1 Å². The Balaban J connectivity index is 2.06. The number of rotatable bonds is 5. The zero-order valence-corrected chi connectivity index (χ0v) is 10.3. The Morgan fingerprint density at radius 3 is 3.19 bits per heavy atom. The third-order valence-electron chi connectivity index (χ3n) is 2.66. The number of anilines is 1. The molecule has 3 nitrogen and oxygen atoms in total. The molecule has 0 saturated heterocycles. The fraction of sp³-hybridized carbons (Fsp3) is 0.417. The van der Waals surface area contributed by atoms with Gasteiger partial charge < -0.3 is 11.1 Å². The van der Waals surface area contributed by atoms with E-state index >= 15 is 0 Å². The van der Waals surface area contributed by atoms with Crippen molar-refractivity contribution in [1.82, 2.24) is 4.98 Å². The van der Waals surface area contributed by atoms with Crippen molar-refractivity contribution < 1.29 is 0 Å². The van der Waals surface area contributed by atoms with Gasteiger partial charge in [-0.3, -0.25) is 0 Å². The number of nitrogens with zero attached hydrogens (tertiary/aromatic N) is 1. The zero-order chi connectivity index (χ0) is 11.4. The standard InChI is InChI=1S/C12H17N3S/c1-9(2-5-13)8-15-12-10-4-7-16-11(10)3-6-14-12/h3-4,6-7,9H,2,5,8,13H2,1H3,(H,14,15). The molecule has 2 rings (SSSR count). The van der Waals surface area contributed by atoms with Gasteiger partial charge in [-0.15, -0.1) is 11.3 Å². The van der Waals surface area contributed by atoms with Crippen molar-refractivity contribution in [1.29, 1.82) is 0 Å². The molecule has 1 unspecified atom stereocenters. The van der Waals surface area contributed by atoms with Gasteiger partial charge in [0.2, 0.25) is 0 Å². The minimum atomic E-state index is 0.584. The lowest BCUT2D eigenvalue weighted by Crippen LogP contribution is -2.15. The smallest absolute Gasteiger partial charge is 0.134 e. The highest BCUT2D eigenvalue weighted by molar-refractivity contribution is 7.17. The van der Waals surface area contributed by atoms with E-state index in [2.05, 4.69) is 34.7 Å². The molecule has 0 aliphatic heterocycles. The number of nitrogens with two attached hydrogens (primary N) is 1. The molecule has 86 valence electrons. The monoisotopic (exact) mass is 235 g/mol. The van der Waals surface area contributed by atoms with Crippen molar-refractivity contribution in [2.75, 3.05) is 18.4 Å². The number of nitrogens with one attached hydrogen (secondary N) is 1. The molecule has 2 aromatic heterocycles. The Labute approximate surface area is 99.7 Å². The molecule has 0 fully saturated rings. The maximum atomic E-state index is 5.53. The molecule has 0 saturated carbocycles. The van der Waals surface area contributed by atoms with Crippen LogP contribution in [0.5, 0.6) is 0 Å². The summed E-state index contributed by atoms with van der Waals surface area (Å²) in [5.74, 6) is 1.57. The molecule has 3 N–H and O–H groups in total. The highest BCUT2D eigenvalue weighted by Crippen LogP contribution is 2.25. The second-order valence-electron chi connectivity index (χ2n) is 4.06. The van der Waals surface area contributed by atoms with Crippen LogP contribution in [0.15, 0.2) is 23.7 Å². The van der Waals surface area contributed by atoms with E-state index in [0.29, 0.717) is 5.92 Å². The van der Waals surface area contributed by atoms with Gasteiger partial charge in [0.05, 0.1) is 0 Å². The van der Waals surface area contributed by atoms with Crippen LogP contribution in [0.2, 0.25) is 0 Å². The van der Waals surface area contributed by atoms with Crippen LogP contribution in [0.4, 0.5) is 5.82 Å². The van der Waals surface area contributed by atoms with Crippen LogP contribution in [-0.2, 0) is 0 Å². The van der Waals surface area contributed by atoms with Gasteiger partial charge >= 0.3 is 0 Å². The summed E-state index contributed by atoms with van der Waals surface area (Å²) in [6, 6.07) is 4.16.